The van der Waals surface area contributed by atoms with Crippen LogP contribution in [-0.4, -0.2) is 50.7 Å². The van der Waals surface area contributed by atoms with E-state index >= 15 is 0 Å². The first-order valence-electron chi connectivity index (χ1n) is 10.7. The molecule has 15 heteroatoms. The number of H-pyrrole nitrogens is 1. The number of aromatic hydroxyl groups is 1. The van der Waals surface area contributed by atoms with Crippen LogP contribution in [0.25, 0.3) is 10.9 Å². The van der Waals surface area contributed by atoms with Gasteiger partial charge in [0, 0.05) is 27.6 Å². The van der Waals surface area contributed by atoms with Crippen LogP contribution in [0.1, 0.15) is 27.1 Å². The number of carbonyl (C=O) groups excluding carboxylic acids is 2. The molecule has 0 saturated carbocycles. The molecular weight excluding hydrogens is 597 g/mol. The third kappa shape index (κ3) is 5.52. The quantitative estimate of drug-likeness (QED) is 0.214. The molecule has 2 heterocycles. The molecule has 0 unspecified atom stereocenters. The van der Waals surface area contributed by atoms with Crippen molar-refractivity contribution < 1.29 is 31.5 Å². The number of phenols is 1. The minimum Gasteiger partial charge on any atom is -0.504 e. The minimum absolute atomic E-state index is 0.106. The predicted octanol–water partition coefficient (Wildman–Crippen LogP) is 4.94. The van der Waals surface area contributed by atoms with Crippen molar-refractivity contribution in [2.24, 2.45) is 0 Å². The molecule has 0 aliphatic heterocycles. The lowest BCUT2D eigenvalue weighted by Gasteiger charge is -2.14. The van der Waals surface area contributed by atoms with Gasteiger partial charge in [-0.3, -0.25) is 9.59 Å². The van der Waals surface area contributed by atoms with Crippen molar-refractivity contribution in [2.45, 2.75) is 16.7 Å². The summed E-state index contributed by atoms with van der Waals surface area (Å²) in [6.07, 6.45) is 0.935. The van der Waals surface area contributed by atoms with Crippen molar-refractivity contribution in [2.75, 3.05) is 22.6 Å². The van der Waals surface area contributed by atoms with Gasteiger partial charge in [-0.1, -0.05) is 30.1 Å². The SMILES string of the molecule is CCS(=O)(=O)c1cc(NC(=O)c2cc3cc(Cl)ccc3[nH]2)c(O)c(NC(=O)c2scc(S(C)(=O)=O)c2Cl)c1. The van der Waals surface area contributed by atoms with Gasteiger partial charge in [0.25, 0.3) is 11.8 Å². The van der Waals surface area contributed by atoms with Crippen molar-refractivity contribution in [1.29, 1.82) is 0 Å². The van der Waals surface area contributed by atoms with E-state index in [0.29, 0.717) is 15.9 Å². The Balaban J connectivity index is 1.72. The largest absolute Gasteiger partial charge is 0.504 e. The fourth-order valence-corrected chi connectivity index (χ4v) is 7.39. The molecule has 0 radical (unpaired) electrons. The summed E-state index contributed by atoms with van der Waals surface area (Å²) in [7, 11) is -7.55. The van der Waals surface area contributed by atoms with Crippen molar-refractivity contribution in [3.63, 3.8) is 0 Å². The van der Waals surface area contributed by atoms with Crippen LogP contribution in [0.2, 0.25) is 10.0 Å². The first kappa shape index (κ1) is 27.9. The number of anilines is 2. The number of aromatic amines is 1. The highest BCUT2D eigenvalue weighted by Gasteiger charge is 2.25. The molecule has 200 valence electrons. The number of phenolic OH excluding ortho intramolecular Hbond substituents is 1. The lowest BCUT2D eigenvalue weighted by molar-refractivity contribution is 0.101. The Morgan fingerprint density at radius 2 is 1.63 bits per heavy atom. The van der Waals surface area contributed by atoms with Crippen molar-refractivity contribution >= 4 is 88.3 Å². The summed E-state index contributed by atoms with van der Waals surface area (Å²) < 4.78 is 49.0. The van der Waals surface area contributed by atoms with E-state index in [1.165, 1.54) is 18.4 Å². The molecule has 38 heavy (non-hydrogen) atoms. The van der Waals surface area contributed by atoms with Crippen LogP contribution >= 0.6 is 34.5 Å². The van der Waals surface area contributed by atoms with Gasteiger partial charge in [0.05, 0.1) is 31.9 Å². The van der Waals surface area contributed by atoms with Crippen LogP contribution < -0.4 is 10.6 Å². The number of halogens is 2. The number of carbonyl (C=O) groups is 2. The normalized spacial score (nSPS) is 12.0. The number of rotatable bonds is 7. The second-order valence-corrected chi connectivity index (χ2v) is 14.1. The number of amides is 2. The molecule has 4 aromatic rings. The van der Waals surface area contributed by atoms with Gasteiger partial charge in [0.15, 0.2) is 25.4 Å². The number of hydrogen-bond donors (Lipinski definition) is 4. The molecule has 2 aromatic heterocycles. The van der Waals surface area contributed by atoms with Crippen LogP contribution in [0.15, 0.2) is 51.6 Å². The third-order valence-corrected chi connectivity index (χ3v) is 10.3. The molecule has 0 saturated heterocycles. The molecule has 0 aliphatic carbocycles. The fourth-order valence-electron chi connectivity index (χ4n) is 3.47. The second-order valence-electron chi connectivity index (χ2n) is 8.11. The number of nitrogens with one attached hydrogen (secondary N) is 3. The van der Waals surface area contributed by atoms with Crippen LogP contribution in [0.5, 0.6) is 5.75 Å². The number of thiophene rings is 1. The summed E-state index contributed by atoms with van der Waals surface area (Å²) in [5.41, 5.74) is 0.106. The summed E-state index contributed by atoms with van der Waals surface area (Å²) in [5, 5.41) is 17.7. The smallest absolute Gasteiger partial charge is 0.272 e. The van der Waals surface area contributed by atoms with Gasteiger partial charge >= 0.3 is 0 Å². The Kier molecular flexibility index (Phi) is 7.51. The van der Waals surface area contributed by atoms with Crippen LogP contribution in [0.3, 0.4) is 0 Å². The number of aromatic nitrogens is 1. The lowest BCUT2D eigenvalue weighted by Crippen LogP contribution is -2.16. The average Bonchev–Trinajstić information content (AvgIpc) is 3.44. The molecule has 4 rings (SSSR count). The van der Waals surface area contributed by atoms with Crippen molar-refractivity contribution in [1.82, 2.24) is 4.98 Å². The Bertz CT molecular complexity index is 1830. The summed E-state index contributed by atoms with van der Waals surface area (Å²) in [4.78, 5) is 28.1. The highest BCUT2D eigenvalue weighted by molar-refractivity contribution is 7.91. The predicted molar refractivity (Wildman–Crippen MR) is 147 cm³/mol. The molecule has 2 amide bonds. The van der Waals surface area contributed by atoms with Crippen LogP contribution in [0, 0.1) is 0 Å². The van der Waals surface area contributed by atoms with Gasteiger partial charge in [-0.25, -0.2) is 16.8 Å². The summed E-state index contributed by atoms with van der Waals surface area (Å²) in [6.45, 7) is 1.41. The van der Waals surface area contributed by atoms with Gasteiger partial charge in [-0.05, 0) is 36.4 Å². The molecule has 0 fully saturated rings. The highest BCUT2D eigenvalue weighted by Crippen LogP contribution is 2.38. The first-order valence-corrected chi connectivity index (χ1v) is 15.9. The third-order valence-electron chi connectivity index (χ3n) is 5.45. The van der Waals surface area contributed by atoms with E-state index in [0.717, 1.165) is 29.7 Å². The Morgan fingerprint density at radius 1 is 1.00 bits per heavy atom. The first-order chi connectivity index (χ1) is 17.7. The van der Waals surface area contributed by atoms with E-state index in [4.69, 9.17) is 23.2 Å². The Hall–Kier alpha value is -3.10. The number of sulfone groups is 2. The summed E-state index contributed by atoms with van der Waals surface area (Å²) in [5.74, 6) is -2.51. The molecule has 4 N–H and O–H groups in total. The van der Waals surface area contributed by atoms with E-state index in [1.54, 1.807) is 18.2 Å². The molecule has 10 nitrogen and oxygen atoms in total. The zero-order valence-electron chi connectivity index (χ0n) is 19.6. The van der Waals surface area contributed by atoms with Gasteiger partial charge in [-0.2, -0.15) is 0 Å². The van der Waals surface area contributed by atoms with Crippen LogP contribution in [0.4, 0.5) is 11.4 Å². The molecular formula is C23H19Cl2N3O7S3. The van der Waals surface area contributed by atoms with E-state index in [1.807, 2.05) is 0 Å². The standard InChI is InChI=1S/C23H19Cl2N3O7S3/c1-3-38(34,35)13-8-15(27-22(30)17-7-11-6-12(24)4-5-14(11)26-17)20(29)16(9-13)28-23(31)21-19(25)18(10-36-21)37(2,32)33/h4-10,26,29H,3H2,1-2H3,(H,27,30)(H,28,31). The maximum atomic E-state index is 13.0. The number of hydrogen-bond acceptors (Lipinski definition) is 8. The van der Waals surface area contributed by atoms with Gasteiger partial charge in [0.1, 0.15) is 10.6 Å². The maximum Gasteiger partial charge on any atom is 0.272 e. The van der Waals surface area contributed by atoms with E-state index in [-0.39, 0.29) is 42.5 Å². The van der Waals surface area contributed by atoms with Crippen LogP contribution in [-0.2, 0) is 19.7 Å². The van der Waals surface area contributed by atoms with Crippen molar-refractivity contribution in [3.8, 4) is 5.75 Å². The minimum atomic E-state index is -3.85. The second kappa shape index (κ2) is 10.2. The zero-order chi connectivity index (χ0) is 28.0. The van der Waals surface area contributed by atoms with Gasteiger partial charge in [-0.15, -0.1) is 11.3 Å². The summed E-state index contributed by atoms with van der Waals surface area (Å²) in [6, 6.07) is 8.60. The Morgan fingerprint density at radius 3 is 2.21 bits per heavy atom. The highest BCUT2D eigenvalue weighted by atomic mass is 35.5. The van der Waals surface area contributed by atoms with E-state index < -0.39 is 37.2 Å². The topological polar surface area (TPSA) is 162 Å². The van der Waals surface area contributed by atoms with E-state index in [9.17, 15) is 31.5 Å². The lowest BCUT2D eigenvalue weighted by atomic mass is 10.2. The molecule has 0 bridgehead atoms. The van der Waals surface area contributed by atoms with Gasteiger partial charge < -0.3 is 20.7 Å². The van der Waals surface area contributed by atoms with Crippen molar-refractivity contribution in [3.05, 3.63) is 62.4 Å². The molecule has 0 atom stereocenters. The Labute approximate surface area is 231 Å². The summed E-state index contributed by atoms with van der Waals surface area (Å²) >= 11 is 12.8. The number of fused-ring (bicyclic) bond motifs is 1. The fraction of sp³-hybridized carbons (Fsp3) is 0.130. The van der Waals surface area contributed by atoms with E-state index in [2.05, 4.69) is 15.6 Å². The monoisotopic (exact) mass is 615 g/mol. The average molecular weight is 617 g/mol. The molecule has 2 aromatic carbocycles. The zero-order valence-corrected chi connectivity index (χ0v) is 23.6. The molecule has 0 aliphatic rings. The molecule has 0 spiro atoms. The number of benzene rings is 2. The van der Waals surface area contributed by atoms with Gasteiger partial charge in [0.2, 0.25) is 0 Å². The maximum absolute atomic E-state index is 13.0.